The first-order valence-electron chi connectivity index (χ1n) is 5.86. The number of fused-ring (bicyclic) bond motifs is 1. The van der Waals surface area contributed by atoms with E-state index < -0.39 is 0 Å². The van der Waals surface area contributed by atoms with Crippen molar-refractivity contribution in [3.05, 3.63) is 22.8 Å². The van der Waals surface area contributed by atoms with Crippen molar-refractivity contribution >= 4 is 0 Å². The van der Waals surface area contributed by atoms with Crippen molar-refractivity contribution < 1.29 is 4.74 Å². The summed E-state index contributed by atoms with van der Waals surface area (Å²) < 4.78 is 5.04. The summed E-state index contributed by atoms with van der Waals surface area (Å²) >= 11 is 0. The minimum atomic E-state index is 0.776. The first-order chi connectivity index (χ1) is 7.81. The van der Waals surface area contributed by atoms with Crippen LogP contribution in [0.15, 0.2) is 0 Å². The Kier molecular flexibility index (Phi) is 3.85. The van der Waals surface area contributed by atoms with Crippen LogP contribution in [0, 0.1) is 6.92 Å². The Hall–Kier alpha value is -1.00. The zero-order valence-corrected chi connectivity index (χ0v) is 10.0. The van der Waals surface area contributed by atoms with E-state index in [4.69, 9.17) is 4.74 Å². The molecule has 16 heavy (non-hydrogen) atoms. The van der Waals surface area contributed by atoms with Gasteiger partial charge in [-0.05, 0) is 31.9 Å². The molecule has 2 rings (SSSR count). The second kappa shape index (κ2) is 5.37. The number of rotatable bonds is 4. The van der Waals surface area contributed by atoms with Gasteiger partial charge in [0.1, 0.15) is 5.82 Å². The molecule has 0 saturated heterocycles. The highest BCUT2D eigenvalue weighted by molar-refractivity contribution is 5.27. The average molecular weight is 221 g/mol. The van der Waals surface area contributed by atoms with Gasteiger partial charge in [0.05, 0.1) is 5.69 Å². The van der Waals surface area contributed by atoms with Crippen LogP contribution in [0.1, 0.15) is 29.2 Å². The lowest BCUT2D eigenvalue weighted by Crippen LogP contribution is -2.26. The van der Waals surface area contributed by atoms with Crippen LogP contribution in [0.3, 0.4) is 0 Å². The first kappa shape index (κ1) is 11.5. The largest absolute Gasteiger partial charge is 0.385 e. The van der Waals surface area contributed by atoms with Crippen LogP contribution < -0.4 is 5.32 Å². The lowest BCUT2D eigenvalue weighted by atomic mass is 10.0. The van der Waals surface area contributed by atoms with Gasteiger partial charge in [0, 0.05) is 32.4 Å². The van der Waals surface area contributed by atoms with Gasteiger partial charge < -0.3 is 10.1 Å². The number of methoxy groups -OCH3 is 1. The molecule has 1 aromatic rings. The molecule has 1 aromatic heterocycles. The van der Waals surface area contributed by atoms with Gasteiger partial charge in [-0.2, -0.15) is 0 Å². The number of hydrogen-bond donors (Lipinski definition) is 1. The number of nitrogens with zero attached hydrogens (tertiary/aromatic N) is 2. The minimum absolute atomic E-state index is 0.776. The van der Waals surface area contributed by atoms with E-state index in [9.17, 15) is 0 Å². The molecule has 0 fully saturated rings. The second-order valence-corrected chi connectivity index (χ2v) is 4.17. The van der Waals surface area contributed by atoms with Crippen LogP contribution in [-0.2, 0) is 24.1 Å². The SMILES string of the molecule is COCCCc1nc(C)c2c(n1)CNCC2. The molecule has 0 unspecified atom stereocenters. The molecule has 0 saturated carbocycles. The monoisotopic (exact) mass is 221 g/mol. The minimum Gasteiger partial charge on any atom is -0.385 e. The molecule has 4 nitrogen and oxygen atoms in total. The predicted octanol–water partition coefficient (Wildman–Crippen LogP) is 1.01. The highest BCUT2D eigenvalue weighted by Gasteiger charge is 2.14. The molecule has 0 aliphatic carbocycles. The fourth-order valence-electron chi connectivity index (χ4n) is 2.10. The summed E-state index contributed by atoms with van der Waals surface area (Å²) in [7, 11) is 1.73. The Morgan fingerprint density at radius 1 is 1.38 bits per heavy atom. The van der Waals surface area contributed by atoms with E-state index in [-0.39, 0.29) is 0 Å². The van der Waals surface area contributed by atoms with Gasteiger partial charge in [-0.3, -0.25) is 0 Å². The van der Waals surface area contributed by atoms with Crippen LogP contribution in [0.25, 0.3) is 0 Å². The molecular formula is C12H19N3O. The van der Waals surface area contributed by atoms with Gasteiger partial charge in [-0.15, -0.1) is 0 Å². The summed E-state index contributed by atoms with van der Waals surface area (Å²) in [4.78, 5) is 9.18. The van der Waals surface area contributed by atoms with Crippen LogP contribution >= 0.6 is 0 Å². The summed E-state index contributed by atoms with van der Waals surface area (Å²) in [5, 5.41) is 3.35. The number of aromatic nitrogens is 2. The van der Waals surface area contributed by atoms with Crippen molar-refractivity contribution in [2.75, 3.05) is 20.3 Å². The molecule has 0 bridgehead atoms. The number of nitrogens with one attached hydrogen (secondary N) is 1. The van der Waals surface area contributed by atoms with Crippen LogP contribution in [0.4, 0.5) is 0 Å². The van der Waals surface area contributed by atoms with Gasteiger partial charge in [-0.25, -0.2) is 9.97 Å². The normalized spacial score (nSPS) is 14.9. The van der Waals surface area contributed by atoms with Gasteiger partial charge in [0.15, 0.2) is 0 Å². The summed E-state index contributed by atoms with van der Waals surface area (Å²) in [6.07, 6.45) is 2.95. The Balaban J connectivity index is 2.12. The van der Waals surface area contributed by atoms with E-state index in [1.54, 1.807) is 7.11 Å². The molecule has 0 amide bonds. The summed E-state index contributed by atoms with van der Waals surface area (Å²) in [6.45, 7) is 4.79. The van der Waals surface area contributed by atoms with Crippen molar-refractivity contribution in [3.8, 4) is 0 Å². The van der Waals surface area contributed by atoms with Gasteiger partial charge in [0.2, 0.25) is 0 Å². The molecule has 0 aromatic carbocycles. The first-order valence-corrected chi connectivity index (χ1v) is 5.86. The molecule has 2 heterocycles. The maximum absolute atomic E-state index is 5.04. The predicted molar refractivity (Wildman–Crippen MR) is 62.4 cm³/mol. The topological polar surface area (TPSA) is 47.0 Å². The number of aryl methyl sites for hydroxylation is 2. The highest BCUT2D eigenvalue weighted by atomic mass is 16.5. The number of ether oxygens (including phenoxy) is 1. The summed E-state index contributed by atoms with van der Waals surface area (Å²) in [6, 6.07) is 0. The molecule has 1 aliphatic heterocycles. The molecule has 88 valence electrons. The average Bonchev–Trinajstić information content (AvgIpc) is 2.30. The molecule has 1 aliphatic rings. The third-order valence-corrected chi connectivity index (χ3v) is 2.94. The smallest absolute Gasteiger partial charge is 0.129 e. The zero-order valence-electron chi connectivity index (χ0n) is 10.0. The van der Waals surface area contributed by atoms with E-state index in [0.29, 0.717) is 0 Å². The van der Waals surface area contributed by atoms with Gasteiger partial charge in [-0.1, -0.05) is 0 Å². The van der Waals surface area contributed by atoms with Crippen molar-refractivity contribution in [2.24, 2.45) is 0 Å². The van der Waals surface area contributed by atoms with Gasteiger partial charge >= 0.3 is 0 Å². The Morgan fingerprint density at radius 3 is 3.06 bits per heavy atom. The fourth-order valence-corrected chi connectivity index (χ4v) is 2.10. The molecule has 0 spiro atoms. The Bertz CT molecular complexity index is 366. The van der Waals surface area contributed by atoms with Crippen LogP contribution in [0.2, 0.25) is 0 Å². The highest BCUT2D eigenvalue weighted by Crippen LogP contribution is 2.15. The zero-order chi connectivity index (χ0) is 11.4. The third-order valence-electron chi connectivity index (χ3n) is 2.94. The molecule has 0 atom stereocenters. The summed E-state index contributed by atoms with van der Waals surface area (Å²) in [5.74, 6) is 0.956. The molecule has 4 heteroatoms. The fraction of sp³-hybridized carbons (Fsp3) is 0.667. The maximum atomic E-state index is 5.04. The Labute approximate surface area is 96.4 Å². The van der Waals surface area contributed by atoms with Crippen molar-refractivity contribution in [2.45, 2.75) is 32.7 Å². The lowest BCUT2D eigenvalue weighted by molar-refractivity contribution is 0.194. The quantitative estimate of drug-likeness (QED) is 0.771. The van der Waals surface area contributed by atoms with Crippen molar-refractivity contribution in [3.63, 3.8) is 0 Å². The van der Waals surface area contributed by atoms with E-state index in [1.165, 1.54) is 11.3 Å². The van der Waals surface area contributed by atoms with E-state index in [2.05, 4.69) is 22.2 Å². The van der Waals surface area contributed by atoms with Crippen LogP contribution in [0.5, 0.6) is 0 Å². The molecular weight excluding hydrogens is 202 g/mol. The standard InChI is InChI=1S/C12H19N3O/c1-9-10-5-6-13-8-11(10)15-12(14-9)4-3-7-16-2/h13H,3-8H2,1-2H3. The summed E-state index contributed by atoms with van der Waals surface area (Å²) in [5.41, 5.74) is 3.68. The van der Waals surface area contributed by atoms with E-state index in [0.717, 1.165) is 50.5 Å². The second-order valence-electron chi connectivity index (χ2n) is 4.17. The van der Waals surface area contributed by atoms with E-state index in [1.807, 2.05) is 0 Å². The maximum Gasteiger partial charge on any atom is 0.129 e. The van der Waals surface area contributed by atoms with Crippen molar-refractivity contribution in [1.29, 1.82) is 0 Å². The van der Waals surface area contributed by atoms with Crippen LogP contribution in [-0.4, -0.2) is 30.2 Å². The third kappa shape index (κ3) is 2.57. The Morgan fingerprint density at radius 2 is 2.25 bits per heavy atom. The molecule has 0 radical (unpaired) electrons. The lowest BCUT2D eigenvalue weighted by Gasteiger charge is -2.18. The van der Waals surface area contributed by atoms with E-state index >= 15 is 0 Å². The van der Waals surface area contributed by atoms with Gasteiger partial charge in [0.25, 0.3) is 0 Å². The van der Waals surface area contributed by atoms with Crippen molar-refractivity contribution in [1.82, 2.24) is 15.3 Å². The molecule has 1 N–H and O–H groups in total. The number of hydrogen-bond acceptors (Lipinski definition) is 4.